The van der Waals surface area contributed by atoms with Crippen molar-refractivity contribution in [2.75, 3.05) is 23.9 Å². The summed E-state index contributed by atoms with van der Waals surface area (Å²) in [4.78, 5) is 36.7. The van der Waals surface area contributed by atoms with Gasteiger partial charge >= 0.3 is 0 Å². The molecule has 0 spiro atoms. The van der Waals surface area contributed by atoms with Crippen LogP contribution in [0.1, 0.15) is 19.4 Å². The SMILES string of the molecule is COc1ccccc1CNC(=O)CN(C(C)=O)c1ccc(NC(C)=O)cc1. The third-order valence-electron chi connectivity index (χ3n) is 3.85. The van der Waals surface area contributed by atoms with Crippen molar-refractivity contribution in [2.45, 2.75) is 20.4 Å². The summed E-state index contributed by atoms with van der Waals surface area (Å²) >= 11 is 0. The van der Waals surface area contributed by atoms with Crippen molar-refractivity contribution in [2.24, 2.45) is 0 Å². The van der Waals surface area contributed by atoms with E-state index in [1.807, 2.05) is 24.3 Å². The van der Waals surface area contributed by atoms with Crippen molar-refractivity contribution in [1.82, 2.24) is 5.32 Å². The van der Waals surface area contributed by atoms with Gasteiger partial charge in [0.15, 0.2) is 0 Å². The Bertz CT molecular complexity index is 818. The molecule has 0 aliphatic carbocycles. The molecular weight excluding hydrogens is 346 g/mol. The zero-order valence-electron chi connectivity index (χ0n) is 15.6. The van der Waals surface area contributed by atoms with Gasteiger partial charge in [0.05, 0.1) is 7.11 Å². The third kappa shape index (κ3) is 5.85. The maximum atomic E-state index is 12.3. The molecule has 0 bridgehead atoms. The Morgan fingerprint density at radius 3 is 2.26 bits per heavy atom. The first-order valence-electron chi connectivity index (χ1n) is 8.45. The lowest BCUT2D eigenvalue weighted by atomic mass is 10.2. The highest BCUT2D eigenvalue weighted by atomic mass is 16.5. The summed E-state index contributed by atoms with van der Waals surface area (Å²) < 4.78 is 5.26. The quantitative estimate of drug-likeness (QED) is 0.784. The first kappa shape index (κ1) is 20.0. The van der Waals surface area contributed by atoms with Crippen LogP contribution in [0.2, 0.25) is 0 Å². The average Bonchev–Trinajstić information content (AvgIpc) is 2.64. The van der Waals surface area contributed by atoms with Gasteiger partial charge in [-0.25, -0.2) is 0 Å². The average molecular weight is 369 g/mol. The summed E-state index contributed by atoms with van der Waals surface area (Å²) in [6, 6.07) is 14.1. The second-order valence-electron chi connectivity index (χ2n) is 5.92. The van der Waals surface area contributed by atoms with Crippen molar-refractivity contribution in [3.05, 3.63) is 54.1 Å². The summed E-state index contributed by atoms with van der Waals surface area (Å²) in [5.41, 5.74) is 2.04. The lowest BCUT2D eigenvalue weighted by Gasteiger charge is -2.21. The minimum atomic E-state index is -0.290. The molecule has 7 nitrogen and oxygen atoms in total. The predicted molar refractivity (Wildman–Crippen MR) is 104 cm³/mol. The van der Waals surface area contributed by atoms with Crippen LogP contribution in [-0.2, 0) is 20.9 Å². The highest BCUT2D eigenvalue weighted by molar-refractivity contribution is 5.97. The molecule has 7 heteroatoms. The number of carbonyl (C=O) groups excluding carboxylic acids is 3. The lowest BCUT2D eigenvalue weighted by molar-refractivity contribution is -0.123. The van der Waals surface area contributed by atoms with Gasteiger partial charge in [-0.05, 0) is 30.3 Å². The molecule has 0 aliphatic heterocycles. The molecule has 2 aromatic rings. The molecule has 27 heavy (non-hydrogen) atoms. The van der Waals surface area contributed by atoms with E-state index in [1.54, 1.807) is 31.4 Å². The number of anilines is 2. The van der Waals surface area contributed by atoms with Gasteiger partial charge in [0.2, 0.25) is 17.7 Å². The smallest absolute Gasteiger partial charge is 0.240 e. The van der Waals surface area contributed by atoms with Crippen LogP contribution in [0.3, 0.4) is 0 Å². The van der Waals surface area contributed by atoms with Crippen LogP contribution in [-0.4, -0.2) is 31.4 Å². The van der Waals surface area contributed by atoms with E-state index in [1.165, 1.54) is 18.7 Å². The topological polar surface area (TPSA) is 87.7 Å². The van der Waals surface area contributed by atoms with E-state index in [0.717, 1.165) is 5.56 Å². The summed E-state index contributed by atoms with van der Waals surface area (Å²) in [5.74, 6) is -0.0339. The van der Waals surface area contributed by atoms with Crippen LogP contribution in [0.5, 0.6) is 5.75 Å². The van der Waals surface area contributed by atoms with Gasteiger partial charge in [-0.3, -0.25) is 14.4 Å². The van der Waals surface area contributed by atoms with Crippen LogP contribution in [0.4, 0.5) is 11.4 Å². The minimum Gasteiger partial charge on any atom is -0.496 e. The second-order valence-corrected chi connectivity index (χ2v) is 5.92. The number of hydrogen-bond acceptors (Lipinski definition) is 4. The summed E-state index contributed by atoms with van der Waals surface area (Å²) in [5, 5.41) is 5.45. The van der Waals surface area contributed by atoms with Crippen LogP contribution < -0.4 is 20.3 Å². The molecule has 2 aromatic carbocycles. The molecular formula is C20H23N3O4. The number of benzene rings is 2. The summed E-state index contributed by atoms with van der Waals surface area (Å²) in [7, 11) is 1.57. The number of para-hydroxylation sites is 1. The van der Waals surface area contributed by atoms with E-state index >= 15 is 0 Å². The van der Waals surface area contributed by atoms with Gasteiger partial charge in [0.1, 0.15) is 12.3 Å². The fraction of sp³-hybridized carbons (Fsp3) is 0.250. The van der Waals surface area contributed by atoms with Gasteiger partial charge in [-0.1, -0.05) is 18.2 Å². The minimum absolute atomic E-state index is 0.107. The molecule has 3 amide bonds. The first-order chi connectivity index (χ1) is 12.9. The maximum absolute atomic E-state index is 12.3. The van der Waals surface area contributed by atoms with Crippen LogP contribution >= 0.6 is 0 Å². The zero-order chi connectivity index (χ0) is 19.8. The highest BCUT2D eigenvalue weighted by Gasteiger charge is 2.16. The molecule has 0 fully saturated rings. The zero-order valence-corrected chi connectivity index (χ0v) is 15.6. The third-order valence-corrected chi connectivity index (χ3v) is 3.85. The van der Waals surface area contributed by atoms with Crippen molar-refractivity contribution >= 4 is 29.1 Å². The van der Waals surface area contributed by atoms with Crippen molar-refractivity contribution < 1.29 is 19.1 Å². The first-order valence-corrected chi connectivity index (χ1v) is 8.45. The second kappa shape index (κ2) is 9.38. The lowest BCUT2D eigenvalue weighted by Crippen LogP contribution is -2.39. The number of methoxy groups -OCH3 is 1. The van der Waals surface area contributed by atoms with Crippen molar-refractivity contribution in [3.63, 3.8) is 0 Å². The van der Waals surface area contributed by atoms with Gasteiger partial charge in [-0.15, -0.1) is 0 Å². The number of carbonyl (C=O) groups is 3. The van der Waals surface area contributed by atoms with E-state index in [2.05, 4.69) is 10.6 Å². The number of nitrogens with zero attached hydrogens (tertiary/aromatic N) is 1. The van der Waals surface area contributed by atoms with Crippen LogP contribution in [0, 0.1) is 0 Å². The summed E-state index contributed by atoms with van der Waals surface area (Å²) in [6.45, 7) is 3.01. The Labute approximate surface area is 158 Å². The van der Waals surface area contributed by atoms with E-state index in [-0.39, 0.29) is 24.3 Å². The Hall–Kier alpha value is -3.35. The molecule has 0 unspecified atom stereocenters. The van der Waals surface area contributed by atoms with E-state index in [4.69, 9.17) is 4.74 Å². The van der Waals surface area contributed by atoms with E-state index in [9.17, 15) is 14.4 Å². The highest BCUT2D eigenvalue weighted by Crippen LogP contribution is 2.19. The van der Waals surface area contributed by atoms with Crippen molar-refractivity contribution in [3.8, 4) is 5.75 Å². The molecule has 2 rings (SSSR count). The predicted octanol–water partition coefficient (Wildman–Crippen LogP) is 2.32. The number of ether oxygens (including phenoxy) is 1. The molecule has 0 aromatic heterocycles. The molecule has 0 saturated carbocycles. The number of amides is 3. The fourth-order valence-corrected chi connectivity index (χ4v) is 2.55. The normalized spacial score (nSPS) is 10.0. The largest absolute Gasteiger partial charge is 0.496 e. The Balaban J connectivity index is 2.01. The summed E-state index contributed by atoms with van der Waals surface area (Å²) in [6.07, 6.45) is 0. The molecule has 0 heterocycles. The van der Waals surface area contributed by atoms with Crippen molar-refractivity contribution in [1.29, 1.82) is 0 Å². The van der Waals surface area contributed by atoms with Gasteiger partial charge < -0.3 is 20.3 Å². The van der Waals surface area contributed by atoms with Crippen LogP contribution in [0.25, 0.3) is 0 Å². The Morgan fingerprint density at radius 1 is 1.00 bits per heavy atom. The van der Waals surface area contributed by atoms with E-state index in [0.29, 0.717) is 23.7 Å². The molecule has 0 radical (unpaired) electrons. The monoisotopic (exact) mass is 369 g/mol. The van der Waals surface area contributed by atoms with Crippen LogP contribution in [0.15, 0.2) is 48.5 Å². The Kier molecular flexibility index (Phi) is 6.93. The van der Waals surface area contributed by atoms with Gasteiger partial charge in [-0.2, -0.15) is 0 Å². The molecule has 142 valence electrons. The number of nitrogens with one attached hydrogen (secondary N) is 2. The molecule has 0 saturated heterocycles. The van der Waals surface area contributed by atoms with Gasteiger partial charge in [0, 0.05) is 37.3 Å². The molecule has 2 N–H and O–H groups in total. The van der Waals surface area contributed by atoms with E-state index < -0.39 is 0 Å². The standard InChI is InChI=1S/C20H23N3O4/c1-14(24)22-17-8-10-18(11-9-17)23(15(2)25)13-20(26)21-12-16-6-4-5-7-19(16)27-3/h4-11H,12-13H2,1-3H3,(H,21,26)(H,22,24). The van der Waals surface area contributed by atoms with Gasteiger partial charge in [0.25, 0.3) is 0 Å². The maximum Gasteiger partial charge on any atom is 0.240 e. The molecule has 0 atom stereocenters. The Morgan fingerprint density at radius 2 is 1.67 bits per heavy atom. The fourth-order valence-electron chi connectivity index (χ4n) is 2.55. The number of rotatable bonds is 7. The molecule has 0 aliphatic rings. The number of hydrogen-bond donors (Lipinski definition) is 2.